The maximum atomic E-state index is 11.4. The van der Waals surface area contributed by atoms with E-state index in [4.69, 9.17) is 10.8 Å². The lowest BCUT2D eigenvalue weighted by Gasteiger charge is -2.14. The molecule has 1 aromatic heterocycles. The smallest absolute Gasteiger partial charge is 0.329 e. The highest BCUT2D eigenvalue weighted by molar-refractivity contribution is 5.60. The standard InChI is InChI=1S/C8H14N4O3/c1-4(3-13)10-5-6(9)12(2)8(15)11-7(5)14/h4,10,13H,3,9H2,1-2H3,(H,11,14,15). The average molecular weight is 214 g/mol. The number of nitrogens with two attached hydrogens (primary N) is 1. The Morgan fingerprint density at radius 1 is 1.60 bits per heavy atom. The molecular formula is C8H14N4O3. The van der Waals surface area contributed by atoms with Gasteiger partial charge in [0, 0.05) is 13.1 Å². The zero-order chi connectivity index (χ0) is 11.6. The Labute approximate surface area is 85.5 Å². The minimum Gasteiger partial charge on any atom is -0.394 e. The van der Waals surface area contributed by atoms with E-state index < -0.39 is 11.2 Å². The lowest BCUT2D eigenvalue weighted by molar-refractivity contribution is 0.281. The number of aliphatic hydroxyl groups is 1. The van der Waals surface area contributed by atoms with Crippen molar-refractivity contribution in [1.82, 2.24) is 9.55 Å². The predicted octanol–water partition coefficient (Wildman–Crippen LogP) is -1.55. The topological polar surface area (TPSA) is 113 Å². The van der Waals surface area contributed by atoms with E-state index >= 15 is 0 Å². The van der Waals surface area contributed by atoms with Crippen LogP contribution in [0.15, 0.2) is 9.59 Å². The number of nitrogens with zero attached hydrogens (tertiary/aromatic N) is 1. The van der Waals surface area contributed by atoms with Gasteiger partial charge in [0.2, 0.25) is 0 Å². The van der Waals surface area contributed by atoms with Crippen LogP contribution in [0.25, 0.3) is 0 Å². The minimum atomic E-state index is -0.587. The van der Waals surface area contributed by atoms with E-state index in [0.717, 1.165) is 4.57 Å². The normalized spacial score (nSPS) is 12.5. The van der Waals surface area contributed by atoms with E-state index in [0.29, 0.717) is 0 Å². The molecule has 7 heteroatoms. The lowest BCUT2D eigenvalue weighted by Crippen LogP contribution is -2.34. The summed E-state index contributed by atoms with van der Waals surface area (Å²) in [6.45, 7) is 1.55. The van der Waals surface area contributed by atoms with Gasteiger partial charge in [-0.3, -0.25) is 14.3 Å². The summed E-state index contributed by atoms with van der Waals surface area (Å²) in [5.41, 5.74) is 4.53. The summed E-state index contributed by atoms with van der Waals surface area (Å²) in [4.78, 5) is 24.6. The van der Waals surface area contributed by atoms with Crippen molar-refractivity contribution in [3.63, 3.8) is 0 Å². The summed E-state index contributed by atoms with van der Waals surface area (Å²) < 4.78 is 1.12. The van der Waals surface area contributed by atoms with Gasteiger partial charge in [-0.25, -0.2) is 4.79 Å². The molecule has 1 atom stereocenters. The van der Waals surface area contributed by atoms with Crippen LogP contribution in [-0.4, -0.2) is 27.3 Å². The van der Waals surface area contributed by atoms with Crippen LogP contribution in [-0.2, 0) is 7.05 Å². The van der Waals surface area contributed by atoms with Gasteiger partial charge in [-0.1, -0.05) is 0 Å². The second-order valence-electron chi connectivity index (χ2n) is 3.31. The molecule has 0 aliphatic carbocycles. The van der Waals surface area contributed by atoms with E-state index in [1.807, 2.05) is 0 Å². The molecule has 0 radical (unpaired) electrons. The minimum absolute atomic E-state index is 0.0454. The van der Waals surface area contributed by atoms with Crippen LogP contribution in [0.5, 0.6) is 0 Å². The van der Waals surface area contributed by atoms with Gasteiger partial charge in [0.15, 0.2) is 0 Å². The van der Waals surface area contributed by atoms with Crippen LogP contribution in [0.4, 0.5) is 11.5 Å². The molecule has 0 bridgehead atoms. The summed E-state index contributed by atoms with van der Waals surface area (Å²) in [5, 5.41) is 11.5. The van der Waals surface area contributed by atoms with Crippen molar-refractivity contribution >= 4 is 11.5 Å². The predicted molar refractivity (Wildman–Crippen MR) is 56.9 cm³/mol. The van der Waals surface area contributed by atoms with Crippen molar-refractivity contribution in [2.24, 2.45) is 7.05 Å². The van der Waals surface area contributed by atoms with Crippen LogP contribution in [0.2, 0.25) is 0 Å². The van der Waals surface area contributed by atoms with E-state index in [1.165, 1.54) is 7.05 Å². The molecule has 15 heavy (non-hydrogen) atoms. The number of nitrogens with one attached hydrogen (secondary N) is 2. The number of nitrogen functional groups attached to an aromatic ring is 1. The van der Waals surface area contributed by atoms with Gasteiger partial charge in [-0.2, -0.15) is 0 Å². The Bertz CT molecular complexity index is 462. The van der Waals surface area contributed by atoms with Crippen LogP contribution < -0.4 is 22.3 Å². The summed E-state index contributed by atoms with van der Waals surface area (Å²) in [6, 6.07) is -0.314. The van der Waals surface area contributed by atoms with Crippen molar-refractivity contribution in [2.75, 3.05) is 17.7 Å². The number of rotatable bonds is 3. The molecule has 0 fully saturated rings. The second kappa shape index (κ2) is 4.18. The first-order chi connectivity index (χ1) is 6.97. The van der Waals surface area contributed by atoms with E-state index in [9.17, 15) is 9.59 Å². The van der Waals surface area contributed by atoms with Crippen molar-refractivity contribution in [3.05, 3.63) is 20.8 Å². The highest BCUT2D eigenvalue weighted by Gasteiger charge is 2.11. The Balaban J connectivity index is 3.24. The first-order valence-electron chi connectivity index (χ1n) is 4.43. The number of aromatic amines is 1. The third-order valence-corrected chi connectivity index (χ3v) is 2.03. The zero-order valence-corrected chi connectivity index (χ0v) is 8.57. The second-order valence-corrected chi connectivity index (χ2v) is 3.31. The van der Waals surface area contributed by atoms with Gasteiger partial charge in [-0.15, -0.1) is 0 Å². The van der Waals surface area contributed by atoms with Crippen molar-refractivity contribution in [2.45, 2.75) is 13.0 Å². The lowest BCUT2D eigenvalue weighted by atomic mass is 10.3. The monoisotopic (exact) mass is 214 g/mol. The molecule has 0 saturated heterocycles. The maximum Gasteiger partial charge on any atom is 0.329 e. The molecule has 0 aliphatic rings. The number of hydrogen-bond donors (Lipinski definition) is 4. The summed E-state index contributed by atoms with van der Waals surface area (Å²) in [7, 11) is 1.45. The van der Waals surface area contributed by atoms with Gasteiger partial charge < -0.3 is 16.2 Å². The molecule has 0 saturated carbocycles. The van der Waals surface area contributed by atoms with Crippen molar-refractivity contribution < 1.29 is 5.11 Å². The summed E-state index contributed by atoms with van der Waals surface area (Å²) >= 11 is 0. The van der Waals surface area contributed by atoms with E-state index in [2.05, 4.69) is 10.3 Å². The van der Waals surface area contributed by atoms with Crippen LogP contribution in [0, 0.1) is 0 Å². The first kappa shape index (κ1) is 11.3. The molecule has 5 N–H and O–H groups in total. The highest BCUT2D eigenvalue weighted by atomic mass is 16.3. The third-order valence-electron chi connectivity index (χ3n) is 2.03. The van der Waals surface area contributed by atoms with Crippen molar-refractivity contribution in [1.29, 1.82) is 0 Å². The number of anilines is 2. The van der Waals surface area contributed by atoms with Gasteiger partial charge >= 0.3 is 5.69 Å². The molecule has 0 aromatic carbocycles. The Morgan fingerprint density at radius 2 is 2.20 bits per heavy atom. The van der Waals surface area contributed by atoms with Crippen LogP contribution >= 0.6 is 0 Å². The zero-order valence-electron chi connectivity index (χ0n) is 8.57. The fourth-order valence-electron chi connectivity index (χ4n) is 1.07. The SMILES string of the molecule is CC(CO)Nc1c(N)n(C)c(=O)[nH]c1=O. The maximum absolute atomic E-state index is 11.4. The number of aromatic nitrogens is 2. The molecule has 84 valence electrons. The highest BCUT2D eigenvalue weighted by Crippen LogP contribution is 2.09. The third kappa shape index (κ3) is 2.18. The van der Waals surface area contributed by atoms with Gasteiger partial charge in [0.25, 0.3) is 5.56 Å². The van der Waals surface area contributed by atoms with Gasteiger partial charge in [-0.05, 0) is 6.92 Å². The van der Waals surface area contributed by atoms with E-state index in [1.54, 1.807) is 6.92 Å². The van der Waals surface area contributed by atoms with Crippen LogP contribution in [0.1, 0.15) is 6.92 Å². The molecule has 1 aromatic rings. The van der Waals surface area contributed by atoms with Gasteiger partial charge in [0.05, 0.1) is 6.61 Å². The number of aliphatic hydroxyl groups excluding tert-OH is 1. The van der Waals surface area contributed by atoms with Crippen LogP contribution in [0.3, 0.4) is 0 Å². The largest absolute Gasteiger partial charge is 0.394 e. The molecule has 0 aliphatic heterocycles. The fourth-order valence-corrected chi connectivity index (χ4v) is 1.07. The molecule has 0 spiro atoms. The summed E-state index contributed by atoms with van der Waals surface area (Å²) in [6.07, 6.45) is 0. The molecule has 7 nitrogen and oxygen atoms in total. The molecule has 1 rings (SSSR count). The molecule has 0 amide bonds. The van der Waals surface area contributed by atoms with Gasteiger partial charge in [0.1, 0.15) is 11.5 Å². The molecule has 1 heterocycles. The Morgan fingerprint density at radius 3 is 2.73 bits per heavy atom. The summed E-state index contributed by atoms with van der Waals surface area (Å²) in [5.74, 6) is 0.0454. The van der Waals surface area contributed by atoms with E-state index in [-0.39, 0.29) is 24.2 Å². The Hall–Kier alpha value is -1.76. The number of H-pyrrole nitrogens is 1. The quantitative estimate of drug-likeness (QED) is 0.486. The average Bonchev–Trinajstić information content (AvgIpc) is 2.21. The number of hydrogen-bond acceptors (Lipinski definition) is 5. The first-order valence-corrected chi connectivity index (χ1v) is 4.43. The fraction of sp³-hybridized carbons (Fsp3) is 0.500. The molecular weight excluding hydrogens is 200 g/mol. The van der Waals surface area contributed by atoms with Crippen molar-refractivity contribution in [3.8, 4) is 0 Å². The molecule has 1 unspecified atom stereocenters. The Kier molecular flexibility index (Phi) is 3.15.